The number of rotatable bonds is 7. The summed E-state index contributed by atoms with van der Waals surface area (Å²) in [5, 5.41) is 10.2. The Hall–Kier alpha value is -2.35. The molecule has 3 aromatic rings. The van der Waals surface area contributed by atoms with Crippen LogP contribution in [-0.4, -0.2) is 37.6 Å². The molecule has 4 nitrogen and oxygen atoms in total. The first-order valence-electron chi connectivity index (χ1n) is 8.85. The summed E-state index contributed by atoms with van der Waals surface area (Å²) >= 11 is 1.63. The van der Waals surface area contributed by atoms with Gasteiger partial charge in [0.15, 0.2) is 0 Å². The quantitative estimate of drug-likeness (QED) is 0.488. The van der Waals surface area contributed by atoms with Crippen molar-refractivity contribution in [3.05, 3.63) is 64.2 Å². The van der Waals surface area contributed by atoms with Gasteiger partial charge in [-0.25, -0.2) is 0 Å². The van der Waals surface area contributed by atoms with Crippen LogP contribution in [-0.2, 0) is 16.3 Å². The number of nitrogens with zero attached hydrogens (tertiary/aromatic N) is 1. The summed E-state index contributed by atoms with van der Waals surface area (Å²) in [6.07, 6.45) is -4.35. The van der Waals surface area contributed by atoms with Gasteiger partial charge in [-0.1, -0.05) is 0 Å². The maximum absolute atomic E-state index is 12.7. The molecule has 0 amide bonds. The Kier molecular flexibility index (Phi) is 6.85. The van der Waals surface area contributed by atoms with Gasteiger partial charge >= 0.3 is 182 Å². The first-order chi connectivity index (χ1) is 14.1. The van der Waals surface area contributed by atoms with Crippen molar-refractivity contribution in [2.24, 2.45) is 0 Å². The fraction of sp³-hybridized carbons (Fsp3) is 0.238. The Bertz CT molecular complexity index is 1050. The second-order valence-corrected chi connectivity index (χ2v) is 9.79. The van der Waals surface area contributed by atoms with Crippen LogP contribution in [0.15, 0.2) is 42.5 Å². The molecule has 3 rings (SSSR count). The fourth-order valence-electron chi connectivity index (χ4n) is 2.65. The normalized spacial score (nSPS) is 11.5. The van der Waals surface area contributed by atoms with Crippen molar-refractivity contribution < 1.29 is 27.8 Å². The molecule has 1 N–H and O–H groups in total. The molecule has 158 valence electrons. The van der Waals surface area contributed by atoms with Crippen molar-refractivity contribution >= 4 is 36.7 Å². The summed E-state index contributed by atoms with van der Waals surface area (Å²) in [7, 11) is 0. The van der Waals surface area contributed by atoms with Gasteiger partial charge in [0.1, 0.15) is 0 Å². The monoisotopic (exact) mass is 501 g/mol. The number of aromatic nitrogens is 1. The number of benzene rings is 2. The third-order valence-corrected chi connectivity index (χ3v) is 7.98. The molecule has 0 unspecified atom stereocenters. The Morgan fingerprint density at radius 1 is 1.17 bits per heavy atom. The first-order valence-corrected chi connectivity index (χ1v) is 11.7. The van der Waals surface area contributed by atoms with Gasteiger partial charge in [-0.05, 0) is 0 Å². The second-order valence-electron chi connectivity index (χ2n) is 6.50. The molecule has 0 atom stereocenters. The third-order valence-electron chi connectivity index (χ3n) is 4.22. The van der Waals surface area contributed by atoms with E-state index in [2.05, 4.69) is 4.98 Å². The molecule has 0 aliphatic rings. The molecule has 2 aromatic carbocycles. The van der Waals surface area contributed by atoms with Crippen LogP contribution in [0.25, 0.3) is 10.6 Å². The summed E-state index contributed by atoms with van der Waals surface area (Å²) < 4.78 is 44.6. The topological polar surface area (TPSA) is 59.4 Å². The molecule has 0 bridgehead atoms. The number of carbonyl (C=O) groups is 1. The molecule has 9 heteroatoms. The molecular formula is C21H18F3NO3SSe. The van der Waals surface area contributed by atoms with Gasteiger partial charge < -0.3 is 0 Å². The summed E-state index contributed by atoms with van der Waals surface area (Å²) in [6.45, 7) is 3.40. The molecule has 0 aliphatic carbocycles. The summed E-state index contributed by atoms with van der Waals surface area (Å²) in [5.74, 6) is -0.470. The molecular weight excluding hydrogens is 482 g/mol. The Morgan fingerprint density at radius 3 is 2.47 bits per heavy atom. The second kappa shape index (κ2) is 9.20. The number of halogens is 3. The van der Waals surface area contributed by atoms with Crippen LogP contribution in [0, 0.1) is 13.8 Å². The number of aliphatic carboxylic acids is 1. The molecule has 0 aliphatic heterocycles. The van der Waals surface area contributed by atoms with Gasteiger partial charge in [0, 0.05) is 0 Å². The van der Waals surface area contributed by atoms with Crippen LogP contribution < -0.4 is 9.20 Å². The summed E-state index contributed by atoms with van der Waals surface area (Å²) in [6, 6.07) is 10.8. The third kappa shape index (κ3) is 5.62. The van der Waals surface area contributed by atoms with Crippen LogP contribution in [0.1, 0.15) is 21.7 Å². The zero-order chi connectivity index (χ0) is 21.9. The maximum atomic E-state index is 12.7. The van der Waals surface area contributed by atoms with Gasteiger partial charge in [0.2, 0.25) is 0 Å². The predicted molar refractivity (Wildman–Crippen MR) is 111 cm³/mol. The van der Waals surface area contributed by atoms with Crippen LogP contribution >= 0.6 is 11.3 Å². The molecule has 0 radical (unpaired) electrons. The van der Waals surface area contributed by atoms with Crippen molar-refractivity contribution in [2.75, 3.05) is 6.61 Å². The fourth-order valence-corrected chi connectivity index (χ4v) is 6.20. The van der Waals surface area contributed by atoms with E-state index in [0.29, 0.717) is 16.3 Å². The SMILES string of the molecule is Cc1cc([Se]Cc2sc(-c3ccc(C(F)(F)F)cc3)nc2C)ccc1OCC(=O)O. The number of hydrogen-bond acceptors (Lipinski definition) is 4. The van der Waals surface area contributed by atoms with Gasteiger partial charge in [-0.15, -0.1) is 0 Å². The van der Waals surface area contributed by atoms with Gasteiger partial charge in [-0.2, -0.15) is 0 Å². The van der Waals surface area contributed by atoms with Crippen molar-refractivity contribution in [1.29, 1.82) is 0 Å². The van der Waals surface area contributed by atoms with E-state index in [1.807, 2.05) is 26.0 Å². The summed E-state index contributed by atoms with van der Waals surface area (Å²) in [4.78, 5) is 16.3. The number of thiazole rings is 1. The average molecular weight is 500 g/mol. The van der Waals surface area contributed by atoms with E-state index in [-0.39, 0.29) is 21.6 Å². The van der Waals surface area contributed by atoms with E-state index in [0.717, 1.165) is 38.0 Å². The molecule has 0 fully saturated rings. The van der Waals surface area contributed by atoms with Gasteiger partial charge in [0.25, 0.3) is 0 Å². The zero-order valence-electron chi connectivity index (χ0n) is 16.1. The number of ether oxygens (including phenoxy) is 1. The number of aryl methyl sites for hydroxylation is 2. The Balaban J connectivity index is 1.68. The average Bonchev–Trinajstić information content (AvgIpc) is 3.05. The molecule has 1 heterocycles. The number of alkyl halides is 3. The molecule has 0 saturated carbocycles. The van der Waals surface area contributed by atoms with E-state index >= 15 is 0 Å². The van der Waals surface area contributed by atoms with Gasteiger partial charge in [0.05, 0.1) is 0 Å². The minimum atomic E-state index is -4.35. The van der Waals surface area contributed by atoms with E-state index in [1.165, 1.54) is 23.5 Å². The molecule has 0 saturated heterocycles. The van der Waals surface area contributed by atoms with Crippen LogP contribution in [0.2, 0.25) is 0 Å². The predicted octanol–water partition coefficient (Wildman–Crippen LogP) is 4.44. The van der Waals surface area contributed by atoms with E-state index in [4.69, 9.17) is 9.84 Å². The van der Waals surface area contributed by atoms with E-state index < -0.39 is 17.7 Å². The Morgan fingerprint density at radius 2 is 1.87 bits per heavy atom. The van der Waals surface area contributed by atoms with Crippen molar-refractivity contribution in [3.8, 4) is 16.3 Å². The minimum absolute atomic E-state index is 0.130. The van der Waals surface area contributed by atoms with Crippen LogP contribution in [0.4, 0.5) is 13.2 Å². The van der Waals surface area contributed by atoms with Crippen molar-refractivity contribution in [2.45, 2.75) is 25.3 Å². The number of carboxylic acid groups (broad SMARTS) is 1. The van der Waals surface area contributed by atoms with Crippen LogP contribution in [0.3, 0.4) is 0 Å². The first kappa shape index (κ1) is 22.3. The Labute approximate surface area is 181 Å². The van der Waals surface area contributed by atoms with Gasteiger partial charge in [-0.3, -0.25) is 0 Å². The number of carboxylic acids is 1. The molecule has 30 heavy (non-hydrogen) atoms. The van der Waals surface area contributed by atoms with E-state index in [9.17, 15) is 18.0 Å². The van der Waals surface area contributed by atoms with E-state index in [1.54, 1.807) is 6.07 Å². The summed E-state index contributed by atoms with van der Waals surface area (Å²) in [5.41, 5.74) is 1.76. The molecule has 0 spiro atoms. The van der Waals surface area contributed by atoms with Crippen molar-refractivity contribution in [3.63, 3.8) is 0 Å². The molecule has 1 aromatic heterocycles. The van der Waals surface area contributed by atoms with Crippen molar-refractivity contribution in [1.82, 2.24) is 4.98 Å². The zero-order valence-corrected chi connectivity index (χ0v) is 18.6. The standard InChI is InChI=1S/C21H18F3NO3SSe/c1-12-9-16(7-8-17(12)28-10-19(26)27)30-11-18-13(2)25-20(29-18)14-3-5-15(6-4-14)21(22,23)24/h3-9H,10-11H2,1-2H3,(H,26,27). The number of hydrogen-bond donors (Lipinski definition) is 1. The van der Waals surface area contributed by atoms with Crippen LogP contribution in [0.5, 0.6) is 5.75 Å².